The van der Waals surface area contributed by atoms with Crippen LogP contribution in [0.3, 0.4) is 0 Å². The van der Waals surface area contributed by atoms with Crippen LogP contribution in [0.25, 0.3) is 33.2 Å². The van der Waals surface area contributed by atoms with Crippen molar-refractivity contribution in [3.05, 3.63) is 48.0 Å². The smallest absolute Gasteiger partial charge is 0.160 e. The largest absolute Gasteiger partial charge is 0.370 e. The van der Waals surface area contributed by atoms with Gasteiger partial charge < -0.3 is 4.90 Å². The summed E-state index contributed by atoms with van der Waals surface area (Å²) >= 11 is 0. The summed E-state index contributed by atoms with van der Waals surface area (Å²) in [5.41, 5.74) is 4.71. The van der Waals surface area contributed by atoms with Crippen molar-refractivity contribution in [1.29, 1.82) is 0 Å². The number of benzene rings is 1. The third-order valence-corrected chi connectivity index (χ3v) is 5.37. The fraction of sp³-hybridized carbons (Fsp3) is 0.400. The number of nitrogens with zero attached hydrogens (tertiary/aromatic N) is 5. The van der Waals surface area contributed by atoms with E-state index in [-0.39, 0.29) is 5.82 Å². The summed E-state index contributed by atoms with van der Waals surface area (Å²) in [6, 6.07) is 7.63. The van der Waals surface area contributed by atoms with Crippen LogP contribution in [0.5, 0.6) is 0 Å². The Morgan fingerprint density at radius 3 is 2.42 bits per heavy atom. The molecule has 4 rings (SSSR count). The average Bonchev–Trinajstić information content (AvgIpc) is 3.07. The molecule has 0 radical (unpaired) electrons. The van der Waals surface area contributed by atoms with Gasteiger partial charge in [-0.1, -0.05) is 27.7 Å². The van der Waals surface area contributed by atoms with Gasteiger partial charge in [-0.2, -0.15) is 5.10 Å². The molecule has 0 fully saturated rings. The first-order valence-corrected chi connectivity index (χ1v) is 10.9. The predicted octanol–water partition coefficient (Wildman–Crippen LogP) is 5.75. The Bertz CT molecular complexity index is 1230. The van der Waals surface area contributed by atoms with Crippen LogP contribution < -0.4 is 4.90 Å². The lowest BCUT2D eigenvalue weighted by atomic mass is 10.0. The van der Waals surface area contributed by atoms with Gasteiger partial charge in [0.15, 0.2) is 11.5 Å². The lowest BCUT2D eigenvalue weighted by molar-refractivity contribution is 0.552. The molecule has 3 heterocycles. The van der Waals surface area contributed by atoms with Crippen LogP contribution in [0.1, 0.15) is 33.3 Å². The van der Waals surface area contributed by atoms with Crippen LogP contribution in [-0.2, 0) is 7.05 Å². The van der Waals surface area contributed by atoms with Crippen LogP contribution in [0.4, 0.5) is 10.1 Å². The van der Waals surface area contributed by atoms with Crippen molar-refractivity contribution < 1.29 is 4.39 Å². The molecule has 5 nitrogen and oxygen atoms in total. The van der Waals surface area contributed by atoms with Crippen LogP contribution in [0.2, 0.25) is 0 Å². The molecular weight excluding hydrogens is 389 g/mol. The first-order chi connectivity index (χ1) is 14.7. The zero-order chi connectivity index (χ0) is 22.3. The number of halogens is 1. The van der Waals surface area contributed by atoms with E-state index in [1.165, 1.54) is 6.07 Å². The molecule has 0 unspecified atom stereocenters. The number of pyridine rings is 2. The lowest BCUT2D eigenvalue weighted by Gasteiger charge is -2.28. The van der Waals surface area contributed by atoms with Gasteiger partial charge in [0.05, 0.1) is 17.6 Å². The van der Waals surface area contributed by atoms with Gasteiger partial charge in [0.2, 0.25) is 0 Å². The molecule has 0 saturated heterocycles. The van der Waals surface area contributed by atoms with E-state index < -0.39 is 0 Å². The third-order valence-electron chi connectivity index (χ3n) is 5.37. The van der Waals surface area contributed by atoms with Crippen LogP contribution >= 0.6 is 0 Å². The number of aryl methyl sites for hydroxylation is 2. The molecule has 0 spiro atoms. The highest BCUT2D eigenvalue weighted by molar-refractivity contribution is 5.88. The molecule has 4 aromatic rings. The number of rotatable bonds is 6. The van der Waals surface area contributed by atoms with Gasteiger partial charge in [-0.15, -0.1) is 0 Å². The first kappa shape index (κ1) is 21.2. The Morgan fingerprint density at radius 2 is 1.74 bits per heavy atom. The van der Waals surface area contributed by atoms with E-state index in [4.69, 9.17) is 4.98 Å². The van der Waals surface area contributed by atoms with Gasteiger partial charge in [-0.05, 0) is 48.6 Å². The molecular formula is C25H30FN5. The van der Waals surface area contributed by atoms with Crippen LogP contribution in [-0.4, -0.2) is 32.8 Å². The maximum Gasteiger partial charge on any atom is 0.160 e. The highest BCUT2D eigenvalue weighted by atomic mass is 19.1. The Morgan fingerprint density at radius 1 is 1.03 bits per heavy atom. The number of fused-ring (bicyclic) bond motifs is 2. The highest BCUT2D eigenvalue weighted by Gasteiger charge is 2.15. The number of aromatic nitrogens is 4. The van der Waals surface area contributed by atoms with Gasteiger partial charge >= 0.3 is 0 Å². The maximum absolute atomic E-state index is 14.6. The van der Waals surface area contributed by atoms with Gasteiger partial charge in [0.1, 0.15) is 5.52 Å². The van der Waals surface area contributed by atoms with Crippen LogP contribution in [0, 0.1) is 24.6 Å². The Hall–Kier alpha value is -3.02. The summed E-state index contributed by atoms with van der Waals surface area (Å²) in [5, 5.41) is 5.98. The third kappa shape index (κ3) is 4.38. The standard InChI is InChI=1S/C25H30FN5/c1-15(2)12-31(13-16(3)4)20-10-21-17(5)7-23(28-25(21)27-11-20)18-8-19-14-30(6)29-24(19)22(26)9-18/h7-11,14-16H,12-13H2,1-6H3. The Balaban J connectivity index is 1.77. The molecule has 0 aliphatic heterocycles. The minimum atomic E-state index is -0.339. The second-order valence-electron chi connectivity index (χ2n) is 9.28. The normalized spacial score (nSPS) is 11.9. The molecule has 31 heavy (non-hydrogen) atoms. The fourth-order valence-corrected chi connectivity index (χ4v) is 4.10. The summed E-state index contributed by atoms with van der Waals surface area (Å²) in [6.07, 6.45) is 3.73. The molecule has 0 saturated carbocycles. The lowest BCUT2D eigenvalue weighted by Crippen LogP contribution is -2.31. The predicted molar refractivity (Wildman–Crippen MR) is 126 cm³/mol. The average molecular weight is 420 g/mol. The quantitative estimate of drug-likeness (QED) is 0.399. The molecule has 0 atom stereocenters. The van der Waals surface area contributed by atoms with E-state index in [1.807, 2.05) is 24.5 Å². The first-order valence-electron chi connectivity index (χ1n) is 10.9. The molecule has 1 aromatic carbocycles. The van der Waals surface area contributed by atoms with Gasteiger partial charge in [0.25, 0.3) is 0 Å². The van der Waals surface area contributed by atoms with Crippen molar-refractivity contribution in [1.82, 2.24) is 19.7 Å². The molecule has 162 valence electrons. The van der Waals surface area contributed by atoms with Crippen molar-refractivity contribution in [2.24, 2.45) is 18.9 Å². The zero-order valence-corrected chi connectivity index (χ0v) is 19.1. The van der Waals surface area contributed by atoms with E-state index in [9.17, 15) is 4.39 Å². The van der Waals surface area contributed by atoms with Gasteiger partial charge in [-0.25, -0.2) is 14.4 Å². The van der Waals surface area contributed by atoms with E-state index >= 15 is 0 Å². The number of hydrogen-bond donors (Lipinski definition) is 0. The van der Waals surface area contributed by atoms with Crippen molar-refractivity contribution in [2.75, 3.05) is 18.0 Å². The minimum absolute atomic E-state index is 0.339. The minimum Gasteiger partial charge on any atom is -0.370 e. The zero-order valence-electron chi connectivity index (χ0n) is 19.1. The van der Waals surface area contributed by atoms with Crippen molar-refractivity contribution in [3.63, 3.8) is 0 Å². The van der Waals surface area contributed by atoms with Gasteiger partial charge in [0, 0.05) is 42.7 Å². The maximum atomic E-state index is 14.6. The monoisotopic (exact) mass is 419 g/mol. The molecule has 0 bridgehead atoms. The molecule has 3 aromatic heterocycles. The Labute approximate surface area is 182 Å². The molecule has 0 amide bonds. The molecule has 0 aliphatic carbocycles. The number of hydrogen-bond acceptors (Lipinski definition) is 4. The Kier molecular flexibility index (Phi) is 5.65. The number of anilines is 1. The summed E-state index contributed by atoms with van der Waals surface area (Å²) in [6.45, 7) is 13.0. The summed E-state index contributed by atoms with van der Waals surface area (Å²) in [5.74, 6) is 0.788. The van der Waals surface area contributed by atoms with E-state index in [1.54, 1.807) is 11.7 Å². The summed E-state index contributed by atoms with van der Waals surface area (Å²) < 4.78 is 16.2. The second kappa shape index (κ2) is 8.25. The molecule has 0 aliphatic rings. The summed E-state index contributed by atoms with van der Waals surface area (Å²) in [4.78, 5) is 11.9. The topological polar surface area (TPSA) is 46.8 Å². The van der Waals surface area contributed by atoms with E-state index in [2.05, 4.69) is 55.7 Å². The highest BCUT2D eigenvalue weighted by Crippen LogP contribution is 2.29. The molecule has 0 N–H and O–H groups in total. The SMILES string of the molecule is Cc1cc(-c2cc(F)c3nn(C)cc3c2)nc2ncc(N(CC(C)C)CC(C)C)cc12. The second-order valence-corrected chi connectivity index (χ2v) is 9.28. The van der Waals surface area contributed by atoms with E-state index in [0.717, 1.165) is 46.4 Å². The van der Waals surface area contributed by atoms with E-state index in [0.29, 0.717) is 23.0 Å². The molecule has 6 heteroatoms. The van der Waals surface area contributed by atoms with Gasteiger partial charge in [-0.3, -0.25) is 4.68 Å². The van der Waals surface area contributed by atoms with Crippen molar-refractivity contribution >= 4 is 27.6 Å². The van der Waals surface area contributed by atoms with Crippen LogP contribution in [0.15, 0.2) is 36.7 Å². The summed E-state index contributed by atoms with van der Waals surface area (Å²) in [7, 11) is 1.79. The van der Waals surface area contributed by atoms with Crippen molar-refractivity contribution in [2.45, 2.75) is 34.6 Å². The fourth-order valence-electron chi connectivity index (χ4n) is 4.10. The van der Waals surface area contributed by atoms with Crippen molar-refractivity contribution in [3.8, 4) is 11.3 Å².